The fourth-order valence-corrected chi connectivity index (χ4v) is 10.6. The van der Waals surface area contributed by atoms with Crippen molar-refractivity contribution in [3.8, 4) is 22.3 Å². The van der Waals surface area contributed by atoms with Crippen molar-refractivity contribution in [1.82, 2.24) is 0 Å². The molecule has 11 rings (SSSR count). The van der Waals surface area contributed by atoms with Crippen LogP contribution in [0.5, 0.6) is 0 Å². The molecule has 1 nitrogen and oxygen atoms in total. The smallest absolute Gasteiger partial charge is 0.0540 e. The number of thiophene rings is 2. The molecule has 0 atom stereocenters. The van der Waals surface area contributed by atoms with E-state index in [1.807, 2.05) is 22.7 Å². The lowest BCUT2D eigenvalue weighted by molar-refractivity contribution is 1.30. The van der Waals surface area contributed by atoms with Gasteiger partial charge in [0.25, 0.3) is 0 Å². The number of anilines is 3. The van der Waals surface area contributed by atoms with Crippen LogP contribution in [-0.4, -0.2) is 0 Å². The molecule has 0 fully saturated rings. The first-order chi connectivity index (χ1) is 26.3. The molecular weight excluding hydrogens is 679 g/mol. The van der Waals surface area contributed by atoms with Gasteiger partial charge in [-0.05, 0) is 80.7 Å². The molecule has 0 amide bonds. The minimum absolute atomic E-state index is 1.14. The van der Waals surface area contributed by atoms with Crippen LogP contribution in [0.2, 0.25) is 0 Å². The van der Waals surface area contributed by atoms with E-state index in [1.165, 1.54) is 84.1 Å². The summed E-state index contributed by atoms with van der Waals surface area (Å²) in [6.45, 7) is 0. The predicted octanol–water partition coefficient (Wildman–Crippen LogP) is 15.5. The number of rotatable bonds is 5. The predicted molar refractivity (Wildman–Crippen MR) is 233 cm³/mol. The normalized spacial score (nSPS) is 11.8. The Morgan fingerprint density at radius 1 is 0.321 bits per heavy atom. The Hall–Kier alpha value is -6.26. The van der Waals surface area contributed by atoms with Crippen molar-refractivity contribution < 1.29 is 0 Å². The van der Waals surface area contributed by atoms with E-state index < -0.39 is 0 Å². The minimum Gasteiger partial charge on any atom is -0.310 e. The van der Waals surface area contributed by atoms with E-state index in [-0.39, 0.29) is 0 Å². The first kappa shape index (κ1) is 30.4. The van der Waals surface area contributed by atoms with Crippen LogP contribution in [0.15, 0.2) is 188 Å². The third-order valence-electron chi connectivity index (χ3n) is 10.6. The highest BCUT2D eigenvalue weighted by Gasteiger charge is 2.21. The zero-order valence-electron chi connectivity index (χ0n) is 28.7. The lowest BCUT2D eigenvalue weighted by Gasteiger charge is -2.28. The van der Waals surface area contributed by atoms with Crippen molar-refractivity contribution in [2.24, 2.45) is 0 Å². The number of para-hydroxylation sites is 1. The second kappa shape index (κ2) is 12.2. The molecule has 3 heteroatoms. The highest BCUT2D eigenvalue weighted by Crippen LogP contribution is 2.48. The molecule has 2 aromatic heterocycles. The molecule has 0 aliphatic heterocycles. The number of hydrogen-bond donors (Lipinski definition) is 0. The summed E-state index contributed by atoms with van der Waals surface area (Å²) < 4.78 is 5.21. The maximum Gasteiger partial charge on any atom is 0.0540 e. The van der Waals surface area contributed by atoms with Crippen LogP contribution >= 0.6 is 22.7 Å². The van der Waals surface area contributed by atoms with Crippen molar-refractivity contribution in [2.45, 2.75) is 0 Å². The van der Waals surface area contributed by atoms with Gasteiger partial charge in [-0.15, -0.1) is 22.7 Å². The highest BCUT2D eigenvalue weighted by atomic mass is 32.1. The zero-order valence-corrected chi connectivity index (χ0v) is 30.3. The van der Waals surface area contributed by atoms with Crippen molar-refractivity contribution >= 4 is 102 Å². The number of benzene rings is 9. The Bertz CT molecular complexity index is 3180. The Labute approximate surface area is 315 Å². The van der Waals surface area contributed by atoms with E-state index in [1.54, 1.807) is 0 Å². The SMILES string of the molecule is c1ccc(-c2cccc3cccc(-c4ccccc4N(c4ccc5c(c4)sc4ccccc45)c4ccc5c(c4)sc4ccc6ccccc6c45)c23)cc1. The Balaban J connectivity index is 1.18. The summed E-state index contributed by atoms with van der Waals surface area (Å²) in [5, 5.41) is 10.4. The highest BCUT2D eigenvalue weighted by molar-refractivity contribution is 7.26. The average molecular weight is 710 g/mol. The summed E-state index contributed by atoms with van der Waals surface area (Å²) in [6.07, 6.45) is 0. The number of hydrogen-bond acceptors (Lipinski definition) is 3. The first-order valence-electron chi connectivity index (χ1n) is 18.0. The van der Waals surface area contributed by atoms with Gasteiger partial charge >= 0.3 is 0 Å². The molecular formula is C50H31NS2. The van der Waals surface area contributed by atoms with Crippen molar-refractivity contribution in [1.29, 1.82) is 0 Å². The molecule has 0 radical (unpaired) electrons. The summed E-state index contributed by atoms with van der Waals surface area (Å²) in [7, 11) is 0. The van der Waals surface area contributed by atoms with Gasteiger partial charge in [-0.2, -0.15) is 0 Å². The summed E-state index contributed by atoms with van der Waals surface area (Å²) in [6, 6.07) is 69.2. The molecule has 0 bridgehead atoms. The van der Waals surface area contributed by atoms with Crippen LogP contribution in [-0.2, 0) is 0 Å². The van der Waals surface area contributed by atoms with E-state index in [9.17, 15) is 0 Å². The molecule has 2 heterocycles. The lowest BCUT2D eigenvalue weighted by atomic mass is 9.90. The molecule has 11 aromatic rings. The molecule has 0 unspecified atom stereocenters. The Morgan fingerprint density at radius 2 is 0.925 bits per heavy atom. The number of fused-ring (bicyclic) bond motifs is 9. The van der Waals surface area contributed by atoms with Gasteiger partial charge in [0.15, 0.2) is 0 Å². The van der Waals surface area contributed by atoms with Gasteiger partial charge in [0.1, 0.15) is 0 Å². The summed E-state index contributed by atoms with van der Waals surface area (Å²) >= 11 is 3.75. The van der Waals surface area contributed by atoms with Crippen LogP contribution < -0.4 is 4.90 Å². The third kappa shape index (κ3) is 4.89. The summed E-state index contributed by atoms with van der Waals surface area (Å²) in [4.78, 5) is 2.48. The fraction of sp³-hybridized carbons (Fsp3) is 0. The largest absolute Gasteiger partial charge is 0.310 e. The monoisotopic (exact) mass is 709 g/mol. The van der Waals surface area contributed by atoms with Crippen molar-refractivity contribution in [2.75, 3.05) is 4.90 Å². The van der Waals surface area contributed by atoms with Crippen LogP contribution in [0.4, 0.5) is 17.1 Å². The molecule has 0 spiro atoms. The van der Waals surface area contributed by atoms with E-state index in [2.05, 4.69) is 193 Å². The Morgan fingerprint density at radius 3 is 1.77 bits per heavy atom. The topological polar surface area (TPSA) is 3.24 Å². The molecule has 0 saturated carbocycles. The van der Waals surface area contributed by atoms with E-state index in [4.69, 9.17) is 0 Å². The maximum atomic E-state index is 2.48. The van der Waals surface area contributed by atoms with Gasteiger partial charge in [0.05, 0.1) is 5.69 Å². The van der Waals surface area contributed by atoms with Crippen LogP contribution in [0.1, 0.15) is 0 Å². The van der Waals surface area contributed by atoms with Crippen LogP contribution in [0, 0.1) is 0 Å². The van der Waals surface area contributed by atoms with Gasteiger partial charge in [-0.25, -0.2) is 0 Å². The minimum atomic E-state index is 1.14. The van der Waals surface area contributed by atoms with Gasteiger partial charge in [0, 0.05) is 57.3 Å². The molecule has 0 aliphatic carbocycles. The lowest BCUT2D eigenvalue weighted by Crippen LogP contribution is -2.11. The third-order valence-corrected chi connectivity index (χ3v) is 12.9. The molecule has 248 valence electrons. The van der Waals surface area contributed by atoms with Crippen LogP contribution in [0.25, 0.3) is 84.1 Å². The van der Waals surface area contributed by atoms with E-state index in [0.29, 0.717) is 0 Å². The second-order valence-corrected chi connectivity index (χ2v) is 15.8. The van der Waals surface area contributed by atoms with Crippen molar-refractivity contribution in [3.05, 3.63) is 188 Å². The molecule has 9 aromatic carbocycles. The summed E-state index contributed by atoms with van der Waals surface area (Å²) in [5.41, 5.74) is 8.31. The van der Waals surface area contributed by atoms with E-state index in [0.717, 1.165) is 17.1 Å². The van der Waals surface area contributed by atoms with Crippen LogP contribution in [0.3, 0.4) is 0 Å². The molecule has 53 heavy (non-hydrogen) atoms. The zero-order chi connectivity index (χ0) is 34.9. The van der Waals surface area contributed by atoms with Gasteiger partial charge in [0.2, 0.25) is 0 Å². The summed E-state index contributed by atoms with van der Waals surface area (Å²) in [5.74, 6) is 0. The first-order valence-corrected chi connectivity index (χ1v) is 19.6. The number of nitrogens with zero attached hydrogens (tertiary/aromatic N) is 1. The maximum absolute atomic E-state index is 2.48. The van der Waals surface area contributed by atoms with E-state index >= 15 is 0 Å². The Kier molecular flexibility index (Phi) is 6.97. The molecule has 0 saturated heterocycles. The van der Waals surface area contributed by atoms with Gasteiger partial charge in [-0.1, -0.05) is 146 Å². The quantitative estimate of drug-likeness (QED) is 0.172. The second-order valence-electron chi connectivity index (χ2n) is 13.6. The fourth-order valence-electron chi connectivity index (χ4n) is 8.27. The van der Waals surface area contributed by atoms with Gasteiger partial charge in [-0.3, -0.25) is 0 Å². The average Bonchev–Trinajstić information content (AvgIpc) is 3.79. The standard InChI is InChI=1S/C50H31NS2/c1-2-12-32(13-3-1)37-20-10-15-34-16-11-21-42(49(34)37)39-18-6-8-22-44(39)51(35-25-27-41-40-19-7-9-23-45(40)52-47(41)30-35)36-26-28-43-48(31-36)53-46-29-24-33-14-4-5-17-38(33)50(43)46/h1-31H. The molecule has 0 aliphatic rings. The molecule has 0 N–H and O–H groups in total. The van der Waals surface area contributed by atoms with Gasteiger partial charge < -0.3 is 4.90 Å². The van der Waals surface area contributed by atoms with Crippen molar-refractivity contribution in [3.63, 3.8) is 0 Å².